The number of nitrogens with two attached hydrogens (primary N) is 1. The Labute approximate surface area is 122 Å². The highest BCUT2D eigenvalue weighted by molar-refractivity contribution is 7.98. The Hall–Kier alpha value is -2.08. The summed E-state index contributed by atoms with van der Waals surface area (Å²) in [5.41, 5.74) is 7.68. The Bertz CT molecular complexity index is 658. The van der Waals surface area contributed by atoms with Crippen molar-refractivity contribution in [2.75, 3.05) is 6.26 Å². The smallest absolute Gasteiger partial charge is 0.250 e. The van der Waals surface area contributed by atoms with E-state index in [0.29, 0.717) is 11.3 Å². The molecule has 0 bridgehead atoms. The highest BCUT2D eigenvalue weighted by atomic mass is 32.2. The fraction of sp³-hybridized carbons (Fsp3) is 0.214. The molecule has 0 fully saturated rings. The standard InChI is InChI=1S/C14H16N4OS/c1-8-9(2)17-18-14(12(8)13(15)16)19-10-6-4-5-7-11(10)20-3/h4-7H,1-3H3,(H3,15,16). The van der Waals surface area contributed by atoms with Gasteiger partial charge in [-0.3, -0.25) is 5.41 Å². The third-order valence-electron chi connectivity index (χ3n) is 2.97. The highest BCUT2D eigenvalue weighted by Crippen LogP contribution is 2.32. The van der Waals surface area contributed by atoms with Gasteiger partial charge in [0, 0.05) is 4.90 Å². The lowest BCUT2D eigenvalue weighted by atomic mass is 10.1. The Morgan fingerprint density at radius 2 is 1.95 bits per heavy atom. The summed E-state index contributed by atoms with van der Waals surface area (Å²) in [7, 11) is 0. The molecule has 0 unspecified atom stereocenters. The van der Waals surface area contributed by atoms with Crippen LogP contribution in [0.25, 0.3) is 0 Å². The fourth-order valence-electron chi connectivity index (χ4n) is 1.78. The van der Waals surface area contributed by atoms with Gasteiger partial charge in [0.05, 0.1) is 11.3 Å². The summed E-state index contributed by atoms with van der Waals surface area (Å²) in [5, 5.41) is 15.8. The first kappa shape index (κ1) is 14.3. The van der Waals surface area contributed by atoms with Crippen molar-refractivity contribution in [2.45, 2.75) is 18.7 Å². The largest absolute Gasteiger partial charge is 0.436 e. The lowest BCUT2D eigenvalue weighted by Crippen LogP contribution is -2.16. The summed E-state index contributed by atoms with van der Waals surface area (Å²) in [6.45, 7) is 3.68. The van der Waals surface area contributed by atoms with Crippen LogP contribution in [0.4, 0.5) is 0 Å². The molecular formula is C14H16N4OS. The second-order valence-electron chi connectivity index (χ2n) is 4.26. The maximum Gasteiger partial charge on any atom is 0.250 e. The number of amidine groups is 1. The van der Waals surface area contributed by atoms with Crippen molar-refractivity contribution in [3.63, 3.8) is 0 Å². The molecular weight excluding hydrogens is 272 g/mol. The van der Waals surface area contributed by atoms with Crippen molar-refractivity contribution in [1.82, 2.24) is 10.2 Å². The van der Waals surface area contributed by atoms with Crippen LogP contribution in [0, 0.1) is 19.3 Å². The normalized spacial score (nSPS) is 10.3. The number of nitrogen functional groups attached to an aromatic ring is 1. The van der Waals surface area contributed by atoms with Gasteiger partial charge in [-0.2, -0.15) is 5.10 Å². The molecule has 1 aromatic carbocycles. The number of aryl methyl sites for hydroxylation is 1. The Kier molecular flexibility index (Phi) is 4.24. The van der Waals surface area contributed by atoms with Gasteiger partial charge in [0.15, 0.2) is 0 Å². The molecule has 0 amide bonds. The van der Waals surface area contributed by atoms with E-state index in [1.807, 2.05) is 44.4 Å². The van der Waals surface area contributed by atoms with Crippen molar-refractivity contribution >= 4 is 17.6 Å². The predicted molar refractivity (Wildman–Crippen MR) is 80.8 cm³/mol. The van der Waals surface area contributed by atoms with Gasteiger partial charge in [0.1, 0.15) is 11.6 Å². The molecule has 1 heterocycles. The highest BCUT2D eigenvalue weighted by Gasteiger charge is 2.16. The van der Waals surface area contributed by atoms with Crippen molar-refractivity contribution in [3.05, 3.63) is 41.1 Å². The summed E-state index contributed by atoms with van der Waals surface area (Å²) in [4.78, 5) is 0.988. The first-order valence-corrected chi connectivity index (χ1v) is 7.26. The number of hydrogen-bond donors (Lipinski definition) is 2. The zero-order chi connectivity index (χ0) is 14.7. The van der Waals surface area contributed by atoms with Gasteiger partial charge >= 0.3 is 0 Å². The Morgan fingerprint density at radius 3 is 2.60 bits per heavy atom. The van der Waals surface area contributed by atoms with Crippen LogP contribution in [-0.2, 0) is 0 Å². The molecule has 0 saturated carbocycles. The third-order valence-corrected chi connectivity index (χ3v) is 3.74. The maximum atomic E-state index is 7.70. The fourth-order valence-corrected chi connectivity index (χ4v) is 2.31. The maximum absolute atomic E-state index is 7.70. The predicted octanol–water partition coefficient (Wildman–Crippen LogP) is 2.89. The van der Waals surface area contributed by atoms with Gasteiger partial charge in [0.25, 0.3) is 0 Å². The number of rotatable bonds is 4. The molecule has 20 heavy (non-hydrogen) atoms. The molecule has 0 aliphatic heterocycles. The summed E-state index contributed by atoms with van der Waals surface area (Å²) in [6.07, 6.45) is 1.97. The van der Waals surface area contributed by atoms with Gasteiger partial charge in [-0.05, 0) is 37.8 Å². The van der Waals surface area contributed by atoms with Gasteiger partial charge in [-0.15, -0.1) is 16.9 Å². The number of thioether (sulfide) groups is 1. The summed E-state index contributed by atoms with van der Waals surface area (Å²) < 4.78 is 5.81. The quantitative estimate of drug-likeness (QED) is 0.513. The van der Waals surface area contributed by atoms with E-state index in [-0.39, 0.29) is 11.7 Å². The molecule has 0 saturated heterocycles. The van der Waals surface area contributed by atoms with Gasteiger partial charge in [-0.25, -0.2) is 0 Å². The number of nitrogens with one attached hydrogen (secondary N) is 1. The molecule has 0 atom stereocenters. The molecule has 0 aliphatic carbocycles. The number of benzene rings is 1. The number of aromatic nitrogens is 2. The second kappa shape index (κ2) is 5.92. The van der Waals surface area contributed by atoms with E-state index >= 15 is 0 Å². The van der Waals surface area contributed by atoms with Crippen LogP contribution < -0.4 is 10.5 Å². The second-order valence-corrected chi connectivity index (χ2v) is 5.11. The first-order valence-electron chi connectivity index (χ1n) is 6.03. The minimum atomic E-state index is -0.0721. The Balaban J connectivity index is 2.49. The van der Waals surface area contributed by atoms with E-state index in [2.05, 4.69) is 10.2 Å². The van der Waals surface area contributed by atoms with Crippen LogP contribution in [0.3, 0.4) is 0 Å². The Morgan fingerprint density at radius 1 is 1.25 bits per heavy atom. The van der Waals surface area contributed by atoms with Gasteiger partial charge in [-0.1, -0.05) is 12.1 Å². The zero-order valence-electron chi connectivity index (χ0n) is 11.6. The molecule has 0 aliphatic rings. The SMILES string of the molecule is CSc1ccccc1Oc1nnc(C)c(C)c1C(=N)N. The molecule has 0 spiro atoms. The van der Waals surface area contributed by atoms with E-state index in [1.54, 1.807) is 11.8 Å². The van der Waals surface area contributed by atoms with Gasteiger partial charge < -0.3 is 10.5 Å². The average Bonchev–Trinajstić information content (AvgIpc) is 2.43. The van der Waals surface area contributed by atoms with Crippen LogP contribution in [0.5, 0.6) is 11.6 Å². The van der Waals surface area contributed by atoms with Crippen LogP contribution in [-0.4, -0.2) is 22.3 Å². The van der Waals surface area contributed by atoms with E-state index in [9.17, 15) is 0 Å². The number of ether oxygens (including phenoxy) is 1. The summed E-state index contributed by atoms with van der Waals surface area (Å²) in [5.74, 6) is 0.874. The molecule has 0 radical (unpaired) electrons. The van der Waals surface area contributed by atoms with Crippen molar-refractivity contribution < 1.29 is 4.74 Å². The summed E-state index contributed by atoms with van der Waals surface area (Å²) in [6, 6.07) is 7.64. The number of hydrogen-bond acceptors (Lipinski definition) is 5. The van der Waals surface area contributed by atoms with Crippen molar-refractivity contribution in [3.8, 4) is 11.6 Å². The van der Waals surface area contributed by atoms with E-state index in [1.165, 1.54) is 0 Å². The molecule has 5 nitrogen and oxygen atoms in total. The van der Waals surface area contributed by atoms with E-state index in [0.717, 1.165) is 16.2 Å². The first-order chi connectivity index (χ1) is 9.54. The summed E-state index contributed by atoms with van der Waals surface area (Å²) >= 11 is 1.58. The topological polar surface area (TPSA) is 84.9 Å². The lowest BCUT2D eigenvalue weighted by molar-refractivity contribution is 0.442. The molecule has 2 rings (SSSR count). The van der Waals surface area contributed by atoms with Crippen LogP contribution in [0.1, 0.15) is 16.8 Å². The monoisotopic (exact) mass is 288 g/mol. The zero-order valence-corrected chi connectivity index (χ0v) is 12.4. The molecule has 6 heteroatoms. The van der Waals surface area contributed by atoms with Crippen LogP contribution in [0.15, 0.2) is 29.2 Å². The van der Waals surface area contributed by atoms with Crippen LogP contribution >= 0.6 is 11.8 Å². The van der Waals surface area contributed by atoms with Gasteiger partial charge in [0.2, 0.25) is 5.88 Å². The minimum absolute atomic E-state index is 0.0721. The minimum Gasteiger partial charge on any atom is -0.436 e. The molecule has 104 valence electrons. The van der Waals surface area contributed by atoms with Crippen LogP contribution in [0.2, 0.25) is 0 Å². The average molecular weight is 288 g/mol. The molecule has 3 N–H and O–H groups in total. The van der Waals surface area contributed by atoms with E-state index < -0.39 is 0 Å². The van der Waals surface area contributed by atoms with Crippen molar-refractivity contribution in [2.24, 2.45) is 5.73 Å². The number of para-hydroxylation sites is 1. The third kappa shape index (κ3) is 2.75. The molecule has 2 aromatic rings. The number of nitrogens with zero attached hydrogens (tertiary/aromatic N) is 2. The molecule has 1 aromatic heterocycles. The van der Waals surface area contributed by atoms with E-state index in [4.69, 9.17) is 15.9 Å². The lowest BCUT2D eigenvalue weighted by Gasteiger charge is -2.13. The van der Waals surface area contributed by atoms with Crippen molar-refractivity contribution in [1.29, 1.82) is 5.41 Å².